The van der Waals surface area contributed by atoms with E-state index < -0.39 is 11.9 Å². The summed E-state index contributed by atoms with van der Waals surface area (Å²) in [6.07, 6.45) is 3.35. The molecule has 0 saturated heterocycles. The Morgan fingerprint density at radius 1 is 1.58 bits per heavy atom. The van der Waals surface area contributed by atoms with E-state index in [2.05, 4.69) is 5.32 Å². The average molecular weight is 171 g/mol. The van der Waals surface area contributed by atoms with E-state index in [9.17, 15) is 9.59 Å². The highest BCUT2D eigenvalue weighted by molar-refractivity contribution is 5.75. The molecule has 0 fully saturated rings. The maximum absolute atomic E-state index is 10.4. The minimum Gasteiger partial charge on any atom is -0.481 e. The van der Waals surface area contributed by atoms with Gasteiger partial charge in [0.05, 0.1) is 5.92 Å². The number of carboxylic acid groups (broad SMARTS) is 1. The molecule has 0 aliphatic rings. The van der Waals surface area contributed by atoms with Gasteiger partial charge in [0.25, 0.3) is 0 Å². The Labute approximate surface area is 71.3 Å². The second-order valence-electron chi connectivity index (χ2n) is 2.41. The fourth-order valence-corrected chi connectivity index (χ4v) is 0.675. The van der Waals surface area contributed by atoms with E-state index in [1.54, 1.807) is 6.92 Å². The van der Waals surface area contributed by atoms with Crippen molar-refractivity contribution in [2.45, 2.75) is 20.3 Å². The molecule has 0 aromatic carbocycles. The molecule has 0 spiro atoms. The predicted octanol–water partition coefficient (Wildman–Crippen LogP) is 0.747. The van der Waals surface area contributed by atoms with Gasteiger partial charge in [0.1, 0.15) is 0 Å². The third kappa shape index (κ3) is 4.49. The Morgan fingerprint density at radius 3 is 2.50 bits per heavy atom. The summed E-state index contributed by atoms with van der Waals surface area (Å²) in [5, 5.41) is 11.0. The Balaban J connectivity index is 3.93. The molecule has 0 bridgehead atoms. The molecule has 12 heavy (non-hydrogen) atoms. The largest absolute Gasteiger partial charge is 0.481 e. The fourth-order valence-electron chi connectivity index (χ4n) is 0.675. The molecular weight excluding hydrogens is 158 g/mol. The van der Waals surface area contributed by atoms with Gasteiger partial charge >= 0.3 is 5.97 Å². The number of hydrogen-bond acceptors (Lipinski definition) is 2. The zero-order valence-corrected chi connectivity index (χ0v) is 7.20. The summed E-state index contributed by atoms with van der Waals surface area (Å²) in [6.45, 7) is 3.14. The third-order valence-corrected chi connectivity index (χ3v) is 1.37. The molecule has 0 saturated carbocycles. The summed E-state index contributed by atoms with van der Waals surface area (Å²) in [7, 11) is 0. The highest BCUT2D eigenvalue weighted by Gasteiger charge is 2.09. The van der Waals surface area contributed by atoms with Crippen molar-refractivity contribution in [1.29, 1.82) is 0 Å². The lowest BCUT2D eigenvalue weighted by molar-refractivity contribution is -0.140. The maximum Gasteiger partial charge on any atom is 0.310 e. The van der Waals surface area contributed by atoms with Gasteiger partial charge in [0.2, 0.25) is 5.91 Å². The van der Waals surface area contributed by atoms with Crippen LogP contribution in [0, 0.1) is 5.92 Å². The lowest BCUT2D eigenvalue weighted by Crippen LogP contribution is -2.14. The van der Waals surface area contributed by atoms with E-state index in [0.717, 1.165) is 0 Å². The van der Waals surface area contributed by atoms with Gasteiger partial charge in [0.15, 0.2) is 0 Å². The quantitative estimate of drug-likeness (QED) is 0.655. The van der Waals surface area contributed by atoms with Gasteiger partial charge in [-0.05, 0) is 6.42 Å². The van der Waals surface area contributed by atoms with E-state index in [1.807, 2.05) is 0 Å². The van der Waals surface area contributed by atoms with Crippen molar-refractivity contribution in [2.75, 3.05) is 0 Å². The van der Waals surface area contributed by atoms with Crippen LogP contribution in [0.3, 0.4) is 0 Å². The van der Waals surface area contributed by atoms with Crippen LogP contribution < -0.4 is 5.32 Å². The number of rotatable bonds is 4. The lowest BCUT2D eigenvalue weighted by Gasteiger charge is -2.01. The summed E-state index contributed by atoms with van der Waals surface area (Å²) in [6, 6.07) is 0. The average Bonchev–Trinajstić information content (AvgIpc) is 1.96. The third-order valence-electron chi connectivity index (χ3n) is 1.37. The molecule has 0 rings (SSSR count). The second kappa shape index (κ2) is 5.35. The Bertz CT molecular complexity index is 198. The molecule has 1 atom stereocenters. The number of carboxylic acids is 1. The molecule has 0 aromatic rings. The minimum absolute atomic E-state index is 0.202. The first-order chi connectivity index (χ1) is 5.57. The van der Waals surface area contributed by atoms with Gasteiger partial charge in [-0.2, -0.15) is 0 Å². The maximum atomic E-state index is 10.4. The van der Waals surface area contributed by atoms with Crippen molar-refractivity contribution in [1.82, 2.24) is 5.32 Å². The molecule has 0 aromatic heterocycles. The minimum atomic E-state index is -0.876. The molecule has 0 aliphatic carbocycles. The number of nitrogens with one attached hydrogen (secondary N) is 1. The molecule has 4 heteroatoms. The topological polar surface area (TPSA) is 66.4 Å². The summed E-state index contributed by atoms with van der Waals surface area (Å²) < 4.78 is 0. The summed E-state index contributed by atoms with van der Waals surface area (Å²) in [4.78, 5) is 20.8. The number of hydrogen-bond donors (Lipinski definition) is 2. The van der Waals surface area contributed by atoms with E-state index in [0.29, 0.717) is 6.42 Å². The van der Waals surface area contributed by atoms with Crippen LogP contribution in [-0.4, -0.2) is 17.0 Å². The van der Waals surface area contributed by atoms with E-state index in [4.69, 9.17) is 5.11 Å². The van der Waals surface area contributed by atoms with Crippen LogP contribution in [0.5, 0.6) is 0 Å². The molecule has 4 nitrogen and oxygen atoms in total. The molecule has 68 valence electrons. The van der Waals surface area contributed by atoms with E-state index in [-0.39, 0.29) is 5.91 Å². The van der Waals surface area contributed by atoms with E-state index >= 15 is 0 Å². The summed E-state index contributed by atoms with van der Waals surface area (Å²) in [5.41, 5.74) is 0. The fraction of sp³-hybridized carbons (Fsp3) is 0.500. The van der Waals surface area contributed by atoms with Gasteiger partial charge in [-0.15, -0.1) is 0 Å². The molecule has 1 unspecified atom stereocenters. The van der Waals surface area contributed by atoms with Crippen molar-refractivity contribution >= 4 is 11.9 Å². The Hall–Kier alpha value is -1.32. The van der Waals surface area contributed by atoms with E-state index in [1.165, 1.54) is 19.2 Å². The van der Waals surface area contributed by atoms with Gasteiger partial charge < -0.3 is 10.4 Å². The SMILES string of the molecule is CCC(/C=C\NC(C)=O)C(=O)O. The molecule has 0 radical (unpaired) electrons. The normalized spacial score (nSPS) is 12.8. The highest BCUT2D eigenvalue weighted by atomic mass is 16.4. The number of carbonyl (C=O) groups is 2. The van der Waals surface area contributed by atoms with Crippen molar-refractivity contribution in [3.8, 4) is 0 Å². The first-order valence-corrected chi connectivity index (χ1v) is 3.74. The van der Waals surface area contributed by atoms with Crippen molar-refractivity contribution < 1.29 is 14.7 Å². The summed E-state index contributed by atoms with van der Waals surface area (Å²) in [5.74, 6) is -1.59. The molecule has 2 N–H and O–H groups in total. The molecule has 1 amide bonds. The Morgan fingerprint density at radius 2 is 2.17 bits per heavy atom. The molecular formula is C8H13NO3. The van der Waals surface area contributed by atoms with Crippen molar-refractivity contribution in [3.63, 3.8) is 0 Å². The first-order valence-electron chi connectivity index (χ1n) is 3.74. The van der Waals surface area contributed by atoms with Crippen molar-refractivity contribution in [3.05, 3.63) is 12.3 Å². The highest BCUT2D eigenvalue weighted by Crippen LogP contribution is 2.02. The smallest absolute Gasteiger partial charge is 0.310 e. The Kier molecular flexibility index (Phi) is 4.76. The van der Waals surface area contributed by atoms with Crippen LogP contribution in [0.2, 0.25) is 0 Å². The van der Waals surface area contributed by atoms with Gasteiger partial charge in [-0.1, -0.05) is 13.0 Å². The van der Waals surface area contributed by atoms with Crippen LogP contribution in [0.1, 0.15) is 20.3 Å². The predicted molar refractivity (Wildman–Crippen MR) is 44.4 cm³/mol. The van der Waals surface area contributed by atoms with Gasteiger partial charge in [0, 0.05) is 13.1 Å². The molecule has 0 heterocycles. The summed E-state index contributed by atoms with van der Waals surface area (Å²) >= 11 is 0. The standard InChI is InChI=1S/C8H13NO3/c1-3-7(8(11)12)4-5-9-6(2)10/h4-5,7H,3H2,1-2H3,(H,9,10)(H,11,12)/b5-4-. The van der Waals surface area contributed by atoms with Crippen LogP contribution >= 0.6 is 0 Å². The number of aliphatic carboxylic acids is 1. The van der Waals surface area contributed by atoms with Crippen molar-refractivity contribution in [2.24, 2.45) is 5.92 Å². The monoisotopic (exact) mass is 171 g/mol. The van der Waals surface area contributed by atoms with Crippen LogP contribution in [0.4, 0.5) is 0 Å². The van der Waals surface area contributed by atoms with Crippen LogP contribution in [0.15, 0.2) is 12.3 Å². The van der Waals surface area contributed by atoms with Gasteiger partial charge in [-0.3, -0.25) is 9.59 Å². The number of amides is 1. The van der Waals surface area contributed by atoms with Crippen LogP contribution in [-0.2, 0) is 9.59 Å². The number of carbonyl (C=O) groups excluding carboxylic acids is 1. The zero-order chi connectivity index (χ0) is 9.56. The first kappa shape index (κ1) is 10.7. The lowest BCUT2D eigenvalue weighted by atomic mass is 10.1. The molecule has 0 aliphatic heterocycles. The zero-order valence-electron chi connectivity index (χ0n) is 7.20. The van der Waals surface area contributed by atoms with Gasteiger partial charge in [-0.25, -0.2) is 0 Å². The van der Waals surface area contributed by atoms with Crippen LogP contribution in [0.25, 0.3) is 0 Å². The second-order valence-corrected chi connectivity index (χ2v) is 2.41.